The van der Waals surface area contributed by atoms with Crippen LogP contribution in [0.25, 0.3) is 0 Å². The number of aliphatic hydroxyl groups excluding tert-OH is 1. The van der Waals surface area contributed by atoms with Gasteiger partial charge in [0.1, 0.15) is 0 Å². The fraction of sp³-hybridized carbons (Fsp3) is 0.727. The van der Waals surface area contributed by atoms with Gasteiger partial charge in [0.05, 0.1) is 0 Å². The van der Waals surface area contributed by atoms with E-state index < -0.39 is 54.7 Å². The van der Waals surface area contributed by atoms with Gasteiger partial charge in [-0.1, -0.05) is 6.58 Å². The monoisotopic (exact) mass is 434 g/mol. The van der Waals surface area contributed by atoms with Crippen LogP contribution in [0, 0.1) is 0 Å². The molecule has 0 atom stereocenters. The average Bonchev–Trinajstić information content (AvgIpc) is 2.45. The van der Waals surface area contributed by atoms with Crippen molar-refractivity contribution in [2.75, 3.05) is 0 Å². The number of carboxylic acids is 1. The molecule has 0 aromatic heterocycles. The Morgan fingerprint density at radius 1 is 0.778 bits per heavy atom. The quantitative estimate of drug-likeness (QED) is 0.326. The molecule has 0 saturated heterocycles. The molecule has 0 radical (unpaired) electrons. The molecular weight excluding hydrogens is 424 g/mol. The first-order valence-electron chi connectivity index (χ1n) is 5.95. The number of rotatable bonds is 7. The van der Waals surface area contributed by atoms with Gasteiger partial charge in [0.15, 0.2) is 0 Å². The Bertz CT molecular complexity index is 538. The summed E-state index contributed by atoms with van der Waals surface area (Å²) in [6.07, 6.45) is -3.83. The van der Waals surface area contributed by atoms with Crippen molar-refractivity contribution < 1.29 is 72.8 Å². The van der Waals surface area contributed by atoms with Gasteiger partial charge < -0.3 is 15.3 Å². The minimum absolute atomic E-state index is 0.833. The molecule has 0 aliphatic rings. The van der Waals surface area contributed by atoms with Crippen molar-refractivity contribution in [1.29, 1.82) is 0 Å². The second-order valence-corrected chi connectivity index (χ2v) is 4.72. The van der Waals surface area contributed by atoms with E-state index in [1.807, 2.05) is 0 Å². The lowest BCUT2D eigenvalue weighted by atomic mass is 9.91. The van der Waals surface area contributed by atoms with Crippen LogP contribution in [0.3, 0.4) is 0 Å². The largest absolute Gasteiger partial charge is 0.478 e. The van der Waals surface area contributed by atoms with Crippen molar-refractivity contribution in [2.45, 2.75) is 48.7 Å². The van der Waals surface area contributed by atoms with Crippen molar-refractivity contribution in [2.24, 2.45) is 0 Å². The molecule has 0 fully saturated rings. The highest BCUT2D eigenvalue weighted by atomic mass is 19.4. The Morgan fingerprint density at radius 2 is 1.04 bits per heavy atom. The predicted octanol–water partition coefficient (Wildman–Crippen LogP) is 3.39. The van der Waals surface area contributed by atoms with Crippen LogP contribution in [0.2, 0.25) is 0 Å². The number of hydrogen-bond acceptors (Lipinski definition) is 3. The van der Waals surface area contributed by atoms with Crippen LogP contribution in [-0.4, -0.2) is 63.1 Å². The Hall–Kier alpha value is -1.71. The van der Waals surface area contributed by atoms with E-state index in [1.54, 1.807) is 0 Å². The fourth-order valence-corrected chi connectivity index (χ4v) is 1.04. The van der Waals surface area contributed by atoms with Gasteiger partial charge >= 0.3 is 41.5 Å². The lowest BCUT2D eigenvalue weighted by molar-refractivity contribution is -0.437. The summed E-state index contributed by atoms with van der Waals surface area (Å²) >= 11 is 0. The minimum Gasteiger partial charge on any atom is -0.478 e. The summed E-state index contributed by atoms with van der Waals surface area (Å²) in [4.78, 5) is 9.25. The third-order valence-corrected chi connectivity index (χ3v) is 2.65. The Balaban J connectivity index is 0. The molecule has 0 rings (SSSR count). The second-order valence-electron chi connectivity index (χ2n) is 4.72. The number of aliphatic hydroxyl groups is 2. The zero-order valence-corrected chi connectivity index (χ0v) is 12.6. The maximum Gasteiger partial charge on any atom is 0.384 e. The summed E-state index contributed by atoms with van der Waals surface area (Å²) in [6, 6.07) is 0. The molecule has 0 aromatic carbocycles. The van der Waals surface area contributed by atoms with Gasteiger partial charge in [0, 0.05) is 13.0 Å². The number of carbonyl (C=O) groups is 1. The van der Waals surface area contributed by atoms with Crippen LogP contribution in [0.1, 0.15) is 6.92 Å². The molecule has 0 aliphatic heterocycles. The summed E-state index contributed by atoms with van der Waals surface area (Å²) in [5, 5.41) is 23.2. The molecule has 0 bridgehead atoms. The highest BCUT2D eigenvalue weighted by molar-refractivity contribution is 5.78. The van der Waals surface area contributed by atoms with Crippen LogP contribution in [0.5, 0.6) is 0 Å². The van der Waals surface area contributed by atoms with E-state index in [2.05, 4.69) is 6.58 Å². The molecule has 0 saturated carbocycles. The lowest BCUT2D eigenvalue weighted by Crippen LogP contribution is -2.71. The SMILES string of the molecule is C=CC(=O)O.CC(F)(F)C(F)(F)C(F)(F)C(F)(F)C(F)(F)C(F)(F)C(O)O. The molecular formula is C11H10F12O4. The van der Waals surface area contributed by atoms with Gasteiger partial charge in [-0.25, -0.2) is 4.79 Å². The standard InChI is InChI=1S/C8H6F12O2.C3H4O2/c1-3(9,10)5(13,14)7(17,18)8(19,20)6(15,16)4(11,12)2(21)22;1-2-3(4)5/h2,21-22H,1H3;2H,1H2,(H,4,5). The Labute approximate surface area is 141 Å². The molecule has 27 heavy (non-hydrogen) atoms. The number of hydrogen-bond donors (Lipinski definition) is 3. The third-order valence-electron chi connectivity index (χ3n) is 2.65. The zero-order chi connectivity index (χ0) is 22.9. The van der Waals surface area contributed by atoms with Crippen LogP contribution in [-0.2, 0) is 4.79 Å². The molecule has 0 aromatic rings. The summed E-state index contributed by atoms with van der Waals surface area (Å²) in [7, 11) is 0. The van der Waals surface area contributed by atoms with E-state index in [0.717, 1.165) is 6.08 Å². The predicted molar refractivity (Wildman–Crippen MR) is 61.4 cm³/mol. The molecule has 3 N–H and O–H groups in total. The van der Waals surface area contributed by atoms with E-state index in [4.69, 9.17) is 15.3 Å². The van der Waals surface area contributed by atoms with E-state index in [-0.39, 0.29) is 0 Å². The minimum atomic E-state index is -7.77. The molecule has 0 unspecified atom stereocenters. The van der Waals surface area contributed by atoms with Gasteiger partial charge in [0.2, 0.25) is 6.29 Å². The maximum atomic E-state index is 12.8. The van der Waals surface area contributed by atoms with Gasteiger partial charge in [-0.3, -0.25) is 0 Å². The van der Waals surface area contributed by atoms with Gasteiger partial charge in [0.25, 0.3) is 0 Å². The summed E-state index contributed by atoms with van der Waals surface area (Å²) in [6.45, 7) is 1.93. The van der Waals surface area contributed by atoms with Gasteiger partial charge in [-0.15, -0.1) is 0 Å². The molecule has 16 heteroatoms. The van der Waals surface area contributed by atoms with E-state index in [0.29, 0.717) is 0 Å². The van der Waals surface area contributed by atoms with Crippen LogP contribution < -0.4 is 0 Å². The van der Waals surface area contributed by atoms with Crippen molar-refractivity contribution in [1.82, 2.24) is 0 Å². The number of aliphatic carboxylic acids is 1. The van der Waals surface area contributed by atoms with Crippen molar-refractivity contribution in [3.63, 3.8) is 0 Å². The summed E-state index contributed by atoms with van der Waals surface area (Å²) in [5.41, 5.74) is 0. The van der Waals surface area contributed by atoms with Gasteiger partial charge in [-0.05, 0) is 0 Å². The maximum absolute atomic E-state index is 12.8. The number of carboxylic acid groups (broad SMARTS) is 1. The van der Waals surface area contributed by atoms with Crippen LogP contribution in [0.15, 0.2) is 12.7 Å². The zero-order valence-electron chi connectivity index (χ0n) is 12.6. The Kier molecular flexibility index (Phi) is 7.87. The molecule has 0 heterocycles. The molecule has 162 valence electrons. The first-order chi connectivity index (χ1) is 11.5. The fourth-order valence-electron chi connectivity index (χ4n) is 1.04. The first-order valence-corrected chi connectivity index (χ1v) is 5.95. The molecule has 0 aliphatic carbocycles. The summed E-state index contributed by atoms with van der Waals surface area (Å²) in [5.74, 6) is -43.8. The summed E-state index contributed by atoms with van der Waals surface area (Å²) < 4.78 is 152. The molecule has 0 amide bonds. The highest BCUT2D eigenvalue weighted by Gasteiger charge is 2.90. The molecule has 4 nitrogen and oxygen atoms in total. The Morgan fingerprint density at radius 3 is 1.22 bits per heavy atom. The van der Waals surface area contributed by atoms with E-state index >= 15 is 0 Å². The third kappa shape index (κ3) is 4.59. The normalized spacial score (nSPS) is 14.5. The highest BCUT2D eigenvalue weighted by Crippen LogP contribution is 2.60. The van der Waals surface area contributed by atoms with E-state index in [9.17, 15) is 57.5 Å². The lowest BCUT2D eigenvalue weighted by Gasteiger charge is -2.40. The van der Waals surface area contributed by atoms with E-state index in [1.165, 1.54) is 0 Å². The van der Waals surface area contributed by atoms with Crippen LogP contribution in [0.4, 0.5) is 52.7 Å². The van der Waals surface area contributed by atoms with Crippen molar-refractivity contribution in [3.8, 4) is 0 Å². The van der Waals surface area contributed by atoms with Crippen molar-refractivity contribution >= 4 is 5.97 Å². The van der Waals surface area contributed by atoms with Crippen molar-refractivity contribution in [3.05, 3.63) is 12.7 Å². The van der Waals surface area contributed by atoms with Crippen LogP contribution >= 0.6 is 0 Å². The molecule has 0 spiro atoms. The van der Waals surface area contributed by atoms with Gasteiger partial charge in [-0.2, -0.15) is 52.7 Å². The topological polar surface area (TPSA) is 77.8 Å². The smallest absolute Gasteiger partial charge is 0.384 e. The number of halogens is 12. The number of alkyl halides is 12. The second kappa shape index (κ2) is 7.73. The first kappa shape index (κ1) is 27.5. The average molecular weight is 434 g/mol.